The number of benzene rings is 1. The molecule has 6 heteroatoms. The molecule has 1 aromatic carbocycles. The van der Waals surface area contributed by atoms with Crippen LogP contribution in [0.15, 0.2) is 18.2 Å². The molecule has 1 aliphatic heterocycles. The summed E-state index contributed by atoms with van der Waals surface area (Å²) in [5.41, 5.74) is 0.0663. The van der Waals surface area contributed by atoms with Crippen LogP contribution in [0.5, 0.6) is 0 Å². The Kier molecular flexibility index (Phi) is 5.04. The van der Waals surface area contributed by atoms with Crippen molar-refractivity contribution in [3.63, 3.8) is 0 Å². The first-order chi connectivity index (χ1) is 8.06. The number of nitrogens with one attached hydrogen (secondary N) is 1. The molecule has 1 N–H and O–H groups in total. The molecule has 0 bridgehead atoms. The van der Waals surface area contributed by atoms with Crippen LogP contribution in [0, 0.1) is 11.6 Å². The molecule has 0 radical (unpaired) electrons. The van der Waals surface area contributed by atoms with Gasteiger partial charge in [-0.05, 0) is 19.1 Å². The second-order valence-corrected chi connectivity index (χ2v) is 4.26. The molecule has 1 atom stereocenters. The fourth-order valence-electron chi connectivity index (χ4n) is 1.98. The van der Waals surface area contributed by atoms with E-state index in [4.69, 9.17) is 0 Å². The van der Waals surface area contributed by atoms with Crippen molar-refractivity contribution in [2.75, 3.05) is 19.6 Å². The minimum atomic E-state index is -0.725. The summed E-state index contributed by atoms with van der Waals surface area (Å²) in [5.74, 6) is -1.77. The zero-order valence-corrected chi connectivity index (χ0v) is 10.8. The predicted molar refractivity (Wildman–Crippen MR) is 67.0 cm³/mol. The summed E-state index contributed by atoms with van der Waals surface area (Å²) in [6.45, 7) is 3.77. The predicted octanol–water partition coefficient (Wildman–Crippen LogP) is 1.82. The van der Waals surface area contributed by atoms with Crippen LogP contribution in [-0.4, -0.2) is 36.5 Å². The average Bonchev–Trinajstić information content (AvgIpc) is 2.26. The second kappa shape index (κ2) is 6.11. The van der Waals surface area contributed by atoms with E-state index in [1.54, 1.807) is 4.90 Å². The summed E-state index contributed by atoms with van der Waals surface area (Å²) >= 11 is 0. The number of carbonyl (C=O) groups is 1. The monoisotopic (exact) mass is 276 g/mol. The number of nitrogens with zero attached hydrogens (tertiary/aromatic N) is 1. The Morgan fingerprint density at radius 2 is 1.94 bits per heavy atom. The van der Waals surface area contributed by atoms with E-state index in [0.29, 0.717) is 19.6 Å². The Balaban J connectivity index is 0.00000162. The van der Waals surface area contributed by atoms with Crippen molar-refractivity contribution in [3.8, 4) is 0 Å². The normalized spacial score (nSPS) is 19.3. The minimum absolute atomic E-state index is 0. The lowest BCUT2D eigenvalue weighted by Gasteiger charge is -2.31. The molecule has 1 heterocycles. The highest BCUT2D eigenvalue weighted by atomic mass is 35.5. The maximum absolute atomic E-state index is 13.0. The zero-order chi connectivity index (χ0) is 12.4. The first-order valence-corrected chi connectivity index (χ1v) is 5.55. The van der Waals surface area contributed by atoms with E-state index >= 15 is 0 Å². The van der Waals surface area contributed by atoms with Crippen LogP contribution in [0.2, 0.25) is 0 Å². The fourth-order valence-corrected chi connectivity index (χ4v) is 1.98. The van der Waals surface area contributed by atoms with E-state index < -0.39 is 11.6 Å². The Labute approximate surface area is 111 Å². The van der Waals surface area contributed by atoms with Crippen molar-refractivity contribution in [1.82, 2.24) is 10.2 Å². The molecule has 0 saturated carbocycles. The molecule has 0 aliphatic carbocycles. The molecule has 1 aliphatic rings. The van der Waals surface area contributed by atoms with Crippen LogP contribution >= 0.6 is 12.4 Å². The molecule has 2 rings (SSSR count). The highest BCUT2D eigenvalue weighted by Gasteiger charge is 2.22. The van der Waals surface area contributed by atoms with E-state index in [0.717, 1.165) is 18.2 Å². The maximum atomic E-state index is 13.0. The molecule has 1 amide bonds. The number of piperazine rings is 1. The zero-order valence-electron chi connectivity index (χ0n) is 9.95. The summed E-state index contributed by atoms with van der Waals surface area (Å²) in [4.78, 5) is 13.6. The van der Waals surface area contributed by atoms with Crippen molar-refractivity contribution in [2.45, 2.75) is 13.0 Å². The van der Waals surface area contributed by atoms with E-state index in [9.17, 15) is 13.6 Å². The standard InChI is InChI=1S/C12H14F2N2O.ClH/c1-8-7-16(3-2-15-8)12(17)9-4-10(13)6-11(14)5-9;/h4-6,8,15H,2-3,7H2,1H3;1H/t8-;/m0./s1. The SMILES string of the molecule is C[C@H]1CN(C(=O)c2cc(F)cc(F)c2)CCN1.Cl. The Morgan fingerprint density at radius 3 is 2.50 bits per heavy atom. The Morgan fingerprint density at radius 1 is 1.33 bits per heavy atom. The largest absolute Gasteiger partial charge is 0.336 e. The summed E-state index contributed by atoms with van der Waals surface area (Å²) < 4.78 is 26.0. The third kappa shape index (κ3) is 3.40. The molecule has 100 valence electrons. The number of hydrogen-bond donors (Lipinski definition) is 1. The van der Waals surface area contributed by atoms with Gasteiger partial charge in [-0.1, -0.05) is 0 Å². The molecule has 0 aromatic heterocycles. The molecule has 1 aromatic rings. The Hall–Kier alpha value is -1.20. The van der Waals surface area contributed by atoms with Crippen LogP contribution in [-0.2, 0) is 0 Å². The Bertz CT molecular complexity index is 422. The van der Waals surface area contributed by atoms with Crippen LogP contribution in [0.4, 0.5) is 8.78 Å². The van der Waals surface area contributed by atoms with Gasteiger partial charge in [0.25, 0.3) is 5.91 Å². The van der Waals surface area contributed by atoms with Gasteiger partial charge in [0.1, 0.15) is 11.6 Å². The van der Waals surface area contributed by atoms with Gasteiger partial charge in [-0.25, -0.2) is 8.78 Å². The molecule has 1 saturated heterocycles. The highest BCUT2D eigenvalue weighted by molar-refractivity contribution is 5.94. The van der Waals surface area contributed by atoms with E-state index in [1.807, 2.05) is 6.92 Å². The van der Waals surface area contributed by atoms with Gasteiger partial charge in [-0.15, -0.1) is 12.4 Å². The summed E-state index contributed by atoms with van der Waals surface area (Å²) in [5, 5.41) is 3.20. The molecule has 1 fully saturated rings. The number of carbonyl (C=O) groups excluding carboxylic acids is 1. The van der Waals surface area contributed by atoms with Gasteiger partial charge in [0.2, 0.25) is 0 Å². The first kappa shape index (κ1) is 14.9. The third-order valence-electron chi connectivity index (χ3n) is 2.77. The van der Waals surface area contributed by atoms with Crippen molar-refractivity contribution in [1.29, 1.82) is 0 Å². The number of rotatable bonds is 1. The lowest BCUT2D eigenvalue weighted by atomic mass is 10.1. The second-order valence-electron chi connectivity index (χ2n) is 4.26. The molecule has 0 unspecified atom stereocenters. The number of halogens is 3. The average molecular weight is 277 g/mol. The molecule has 0 spiro atoms. The fraction of sp³-hybridized carbons (Fsp3) is 0.417. The maximum Gasteiger partial charge on any atom is 0.254 e. The first-order valence-electron chi connectivity index (χ1n) is 5.55. The highest BCUT2D eigenvalue weighted by Crippen LogP contribution is 2.12. The molecular weight excluding hydrogens is 262 g/mol. The van der Waals surface area contributed by atoms with Gasteiger partial charge in [-0.2, -0.15) is 0 Å². The van der Waals surface area contributed by atoms with Crippen molar-refractivity contribution in [2.24, 2.45) is 0 Å². The topological polar surface area (TPSA) is 32.3 Å². The summed E-state index contributed by atoms with van der Waals surface area (Å²) in [7, 11) is 0. The van der Waals surface area contributed by atoms with Gasteiger partial charge in [0.15, 0.2) is 0 Å². The lowest BCUT2D eigenvalue weighted by molar-refractivity contribution is 0.0708. The number of hydrogen-bond acceptors (Lipinski definition) is 2. The van der Waals surface area contributed by atoms with Gasteiger partial charge in [0, 0.05) is 37.3 Å². The summed E-state index contributed by atoms with van der Waals surface area (Å²) in [6.07, 6.45) is 0. The molecular formula is C12H15ClF2N2O. The number of amides is 1. The summed E-state index contributed by atoms with van der Waals surface area (Å²) in [6, 6.07) is 3.10. The molecule has 18 heavy (non-hydrogen) atoms. The van der Waals surface area contributed by atoms with E-state index in [2.05, 4.69) is 5.32 Å². The molecule has 3 nitrogen and oxygen atoms in total. The van der Waals surface area contributed by atoms with Gasteiger partial charge in [-0.3, -0.25) is 4.79 Å². The van der Waals surface area contributed by atoms with E-state index in [-0.39, 0.29) is 29.9 Å². The van der Waals surface area contributed by atoms with Crippen molar-refractivity contribution < 1.29 is 13.6 Å². The van der Waals surface area contributed by atoms with Gasteiger partial charge >= 0.3 is 0 Å². The van der Waals surface area contributed by atoms with Crippen molar-refractivity contribution in [3.05, 3.63) is 35.4 Å². The van der Waals surface area contributed by atoms with E-state index in [1.165, 1.54) is 0 Å². The van der Waals surface area contributed by atoms with Gasteiger partial charge in [0.05, 0.1) is 0 Å². The van der Waals surface area contributed by atoms with Crippen LogP contribution < -0.4 is 5.32 Å². The van der Waals surface area contributed by atoms with Gasteiger partial charge < -0.3 is 10.2 Å². The minimum Gasteiger partial charge on any atom is -0.336 e. The van der Waals surface area contributed by atoms with Crippen LogP contribution in [0.1, 0.15) is 17.3 Å². The van der Waals surface area contributed by atoms with Crippen molar-refractivity contribution >= 4 is 18.3 Å². The lowest BCUT2D eigenvalue weighted by Crippen LogP contribution is -2.51. The van der Waals surface area contributed by atoms with Crippen LogP contribution in [0.25, 0.3) is 0 Å². The third-order valence-corrected chi connectivity index (χ3v) is 2.77. The quantitative estimate of drug-likeness (QED) is 0.849. The van der Waals surface area contributed by atoms with Crippen LogP contribution in [0.3, 0.4) is 0 Å². The smallest absolute Gasteiger partial charge is 0.254 e.